The van der Waals surface area contributed by atoms with E-state index in [0.717, 1.165) is 24.8 Å². The molecule has 0 saturated heterocycles. The molecule has 1 N–H and O–H groups in total. The molecule has 0 fully saturated rings. The lowest BCUT2D eigenvalue weighted by Gasteiger charge is -2.07. The van der Waals surface area contributed by atoms with Gasteiger partial charge < -0.3 is 4.74 Å². The minimum absolute atomic E-state index is 0.232. The number of thiazole rings is 1. The van der Waals surface area contributed by atoms with Crippen LogP contribution in [0.15, 0.2) is 35.7 Å². The first kappa shape index (κ1) is 20.1. The maximum absolute atomic E-state index is 12.5. The van der Waals surface area contributed by atoms with E-state index in [-0.39, 0.29) is 5.91 Å². The SMILES string of the molecule is CCCCCOc1cccc(C(=O)Nc2nc(-c3cc(Cl)sc3Cl)cs2)c1. The third-order valence-electron chi connectivity index (χ3n) is 3.77. The van der Waals surface area contributed by atoms with E-state index in [2.05, 4.69) is 17.2 Å². The summed E-state index contributed by atoms with van der Waals surface area (Å²) in [6, 6.07) is 8.93. The van der Waals surface area contributed by atoms with E-state index in [1.807, 2.05) is 17.5 Å². The van der Waals surface area contributed by atoms with Gasteiger partial charge in [0.05, 0.1) is 16.6 Å². The minimum atomic E-state index is -0.232. The summed E-state index contributed by atoms with van der Waals surface area (Å²) in [4.78, 5) is 16.9. The van der Waals surface area contributed by atoms with Crippen molar-refractivity contribution in [3.63, 3.8) is 0 Å². The molecule has 0 radical (unpaired) electrons. The molecular formula is C19H18Cl2N2O2S2. The Hall–Kier alpha value is -1.60. The van der Waals surface area contributed by atoms with Crippen molar-refractivity contribution >= 4 is 56.9 Å². The summed E-state index contributed by atoms with van der Waals surface area (Å²) in [7, 11) is 0. The van der Waals surface area contributed by atoms with Gasteiger partial charge in [-0.3, -0.25) is 10.1 Å². The quantitative estimate of drug-likeness (QED) is 0.383. The largest absolute Gasteiger partial charge is 0.494 e. The molecule has 27 heavy (non-hydrogen) atoms. The Kier molecular flexibility index (Phi) is 7.13. The molecule has 4 nitrogen and oxygen atoms in total. The Bertz CT molecular complexity index is 924. The molecule has 1 amide bonds. The highest BCUT2D eigenvalue weighted by atomic mass is 35.5. The molecule has 2 aromatic heterocycles. The van der Waals surface area contributed by atoms with Gasteiger partial charge in [-0.2, -0.15) is 0 Å². The summed E-state index contributed by atoms with van der Waals surface area (Å²) in [6.45, 7) is 2.80. The lowest BCUT2D eigenvalue weighted by Crippen LogP contribution is -2.11. The average Bonchev–Trinajstić information content (AvgIpc) is 3.24. The Morgan fingerprint density at radius 3 is 2.85 bits per heavy atom. The van der Waals surface area contributed by atoms with Gasteiger partial charge in [0.2, 0.25) is 0 Å². The van der Waals surface area contributed by atoms with Crippen molar-refractivity contribution in [3.8, 4) is 17.0 Å². The number of unbranched alkanes of at least 4 members (excludes halogenated alkanes) is 2. The van der Waals surface area contributed by atoms with Crippen molar-refractivity contribution in [3.05, 3.63) is 49.9 Å². The summed E-state index contributed by atoms with van der Waals surface area (Å²) >= 11 is 14.8. The van der Waals surface area contributed by atoms with Crippen LogP contribution >= 0.6 is 45.9 Å². The first-order valence-electron chi connectivity index (χ1n) is 8.51. The Balaban J connectivity index is 1.65. The van der Waals surface area contributed by atoms with E-state index in [9.17, 15) is 4.79 Å². The standard InChI is InChI=1S/C19H18Cl2N2O2S2/c1-2-3-4-8-25-13-7-5-6-12(9-13)18(24)23-19-22-15(11-26-19)14-10-16(20)27-17(14)21/h5-7,9-11H,2-4,8H2,1H3,(H,22,23,24). The predicted octanol–water partition coefficient (Wildman–Crippen LogP) is 7.00. The zero-order chi connectivity index (χ0) is 19.2. The number of thiophene rings is 1. The van der Waals surface area contributed by atoms with E-state index in [0.29, 0.717) is 37.4 Å². The van der Waals surface area contributed by atoms with Gasteiger partial charge in [-0.05, 0) is 30.7 Å². The molecule has 0 aliphatic rings. The van der Waals surface area contributed by atoms with E-state index < -0.39 is 0 Å². The Labute approximate surface area is 176 Å². The molecule has 0 aliphatic heterocycles. The maximum atomic E-state index is 12.5. The summed E-state index contributed by atoms with van der Waals surface area (Å²) in [5.41, 5.74) is 1.98. The topological polar surface area (TPSA) is 51.2 Å². The number of ether oxygens (including phenoxy) is 1. The van der Waals surface area contributed by atoms with Crippen molar-refractivity contribution < 1.29 is 9.53 Å². The number of hydrogen-bond acceptors (Lipinski definition) is 5. The highest BCUT2D eigenvalue weighted by Crippen LogP contribution is 2.39. The van der Waals surface area contributed by atoms with Gasteiger partial charge in [-0.15, -0.1) is 22.7 Å². The van der Waals surface area contributed by atoms with E-state index in [1.54, 1.807) is 18.2 Å². The Morgan fingerprint density at radius 1 is 1.26 bits per heavy atom. The molecule has 0 bridgehead atoms. The van der Waals surface area contributed by atoms with Crippen molar-refractivity contribution in [2.24, 2.45) is 0 Å². The number of nitrogens with one attached hydrogen (secondary N) is 1. The average molecular weight is 441 g/mol. The Morgan fingerprint density at radius 2 is 2.11 bits per heavy atom. The fraction of sp³-hybridized carbons (Fsp3) is 0.263. The van der Waals surface area contributed by atoms with Crippen LogP contribution in [0.4, 0.5) is 5.13 Å². The summed E-state index contributed by atoms with van der Waals surface area (Å²) in [5, 5.41) is 5.16. The molecule has 3 rings (SSSR count). The first-order chi connectivity index (χ1) is 13.1. The number of benzene rings is 1. The fourth-order valence-corrected chi connectivity index (χ4v) is 4.60. The molecule has 0 aliphatic carbocycles. The first-order valence-corrected chi connectivity index (χ1v) is 11.0. The summed E-state index contributed by atoms with van der Waals surface area (Å²) in [5.74, 6) is 0.461. The normalized spacial score (nSPS) is 10.8. The molecule has 0 spiro atoms. The third-order valence-corrected chi connectivity index (χ3v) is 6.02. The van der Waals surface area contributed by atoms with Gasteiger partial charge in [-0.25, -0.2) is 4.98 Å². The number of amides is 1. The van der Waals surface area contributed by atoms with Crippen molar-refractivity contribution in [2.45, 2.75) is 26.2 Å². The molecule has 0 unspecified atom stereocenters. The molecule has 2 heterocycles. The maximum Gasteiger partial charge on any atom is 0.257 e. The molecule has 3 aromatic rings. The molecule has 0 atom stereocenters. The van der Waals surface area contributed by atoms with E-state index in [1.165, 1.54) is 22.7 Å². The van der Waals surface area contributed by atoms with Crippen LogP contribution in [0, 0.1) is 0 Å². The number of hydrogen-bond donors (Lipinski definition) is 1. The predicted molar refractivity (Wildman–Crippen MR) is 115 cm³/mol. The number of carbonyl (C=O) groups excluding carboxylic acids is 1. The molecule has 1 aromatic carbocycles. The molecular weight excluding hydrogens is 423 g/mol. The zero-order valence-electron chi connectivity index (χ0n) is 14.6. The third kappa shape index (κ3) is 5.45. The van der Waals surface area contributed by atoms with Crippen LogP contribution in [-0.2, 0) is 0 Å². The lowest BCUT2D eigenvalue weighted by atomic mass is 10.2. The molecule has 142 valence electrons. The fourth-order valence-electron chi connectivity index (χ4n) is 2.41. The van der Waals surface area contributed by atoms with Crippen LogP contribution in [0.5, 0.6) is 5.75 Å². The second-order valence-corrected chi connectivity index (χ2v) is 8.96. The van der Waals surface area contributed by atoms with Gasteiger partial charge in [0.15, 0.2) is 5.13 Å². The number of anilines is 1. The number of aromatic nitrogens is 1. The number of nitrogens with zero attached hydrogens (tertiary/aromatic N) is 1. The minimum Gasteiger partial charge on any atom is -0.494 e. The van der Waals surface area contributed by atoms with Crippen LogP contribution in [0.1, 0.15) is 36.5 Å². The van der Waals surface area contributed by atoms with E-state index >= 15 is 0 Å². The van der Waals surface area contributed by atoms with Gasteiger partial charge in [-0.1, -0.05) is 49.0 Å². The smallest absolute Gasteiger partial charge is 0.257 e. The van der Waals surface area contributed by atoms with Crippen LogP contribution in [-0.4, -0.2) is 17.5 Å². The second kappa shape index (κ2) is 9.55. The van der Waals surface area contributed by atoms with Crippen LogP contribution in [0.3, 0.4) is 0 Å². The number of carbonyl (C=O) groups is 1. The highest BCUT2D eigenvalue weighted by Gasteiger charge is 2.14. The summed E-state index contributed by atoms with van der Waals surface area (Å²) in [6.07, 6.45) is 3.28. The second-order valence-electron chi connectivity index (χ2n) is 5.81. The molecule has 8 heteroatoms. The molecule has 0 saturated carbocycles. The lowest BCUT2D eigenvalue weighted by molar-refractivity contribution is 0.102. The van der Waals surface area contributed by atoms with Gasteiger partial charge in [0, 0.05) is 16.5 Å². The van der Waals surface area contributed by atoms with Crippen LogP contribution in [0.2, 0.25) is 8.67 Å². The van der Waals surface area contributed by atoms with Gasteiger partial charge >= 0.3 is 0 Å². The van der Waals surface area contributed by atoms with E-state index in [4.69, 9.17) is 27.9 Å². The monoisotopic (exact) mass is 440 g/mol. The van der Waals surface area contributed by atoms with Crippen molar-refractivity contribution in [1.82, 2.24) is 4.98 Å². The number of halogens is 2. The van der Waals surface area contributed by atoms with Gasteiger partial charge in [0.25, 0.3) is 5.91 Å². The van der Waals surface area contributed by atoms with Crippen LogP contribution < -0.4 is 10.1 Å². The van der Waals surface area contributed by atoms with Crippen molar-refractivity contribution in [1.29, 1.82) is 0 Å². The summed E-state index contributed by atoms with van der Waals surface area (Å²) < 4.78 is 6.89. The zero-order valence-corrected chi connectivity index (χ0v) is 17.8. The highest BCUT2D eigenvalue weighted by molar-refractivity contribution is 7.20. The van der Waals surface area contributed by atoms with Crippen molar-refractivity contribution in [2.75, 3.05) is 11.9 Å². The number of rotatable bonds is 8. The van der Waals surface area contributed by atoms with Crippen LogP contribution in [0.25, 0.3) is 11.3 Å². The van der Waals surface area contributed by atoms with Gasteiger partial charge in [0.1, 0.15) is 10.1 Å².